The number of aryl methyl sites for hydroxylation is 1. The molecule has 124 valence electrons. The lowest BCUT2D eigenvalue weighted by Gasteiger charge is -2.19. The van der Waals surface area contributed by atoms with Crippen LogP contribution in [0.3, 0.4) is 0 Å². The van der Waals surface area contributed by atoms with E-state index in [0.717, 1.165) is 24.9 Å². The second-order valence-corrected chi connectivity index (χ2v) is 5.69. The Bertz CT molecular complexity index is 611. The maximum Gasteiger partial charge on any atom is 0.266 e. The number of ether oxygens (including phenoxy) is 1. The summed E-state index contributed by atoms with van der Waals surface area (Å²) >= 11 is 0. The topological polar surface area (TPSA) is 79.8 Å². The Morgan fingerprint density at radius 1 is 1.22 bits per heavy atom. The number of fused-ring (bicyclic) bond motifs is 1. The van der Waals surface area contributed by atoms with Gasteiger partial charge in [-0.1, -0.05) is 12.1 Å². The lowest BCUT2D eigenvalue weighted by Crippen LogP contribution is -2.24. The van der Waals surface area contributed by atoms with Crippen molar-refractivity contribution in [3.8, 4) is 0 Å². The van der Waals surface area contributed by atoms with E-state index in [2.05, 4.69) is 26.6 Å². The Morgan fingerprint density at radius 3 is 2.78 bits per heavy atom. The van der Waals surface area contributed by atoms with Crippen LogP contribution in [0.2, 0.25) is 0 Å². The normalized spacial score (nSPS) is 14.1. The predicted octanol–water partition coefficient (Wildman–Crippen LogP) is 2.03. The fourth-order valence-electron chi connectivity index (χ4n) is 2.69. The van der Waals surface area contributed by atoms with E-state index in [1.165, 1.54) is 24.7 Å². The zero-order chi connectivity index (χ0) is 16.7. The van der Waals surface area contributed by atoms with Crippen molar-refractivity contribution < 1.29 is 14.3 Å². The number of methoxy groups -OCH3 is 1. The van der Waals surface area contributed by atoms with Crippen molar-refractivity contribution >= 4 is 23.2 Å². The molecule has 0 radical (unpaired) electrons. The van der Waals surface area contributed by atoms with Gasteiger partial charge in [0.1, 0.15) is 6.61 Å². The number of amides is 2. The molecule has 0 aliphatic heterocycles. The smallest absolute Gasteiger partial charge is 0.266 e. The minimum atomic E-state index is -0.343. The molecule has 6 nitrogen and oxygen atoms in total. The highest BCUT2D eigenvalue weighted by molar-refractivity contribution is 6.06. The van der Waals surface area contributed by atoms with Gasteiger partial charge in [0.25, 0.3) is 5.91 Å². The Labute approximate surface area is 136 Å². The van der Waals surface area contributed by atoms with Crippen molar-refractivity contribution in [2.24, 2.45) is 5.10 Å². The van der Waals surface area contributed by atoms with Gasteiger partial charge in [-0.2, -0.15) is 5.10 Å². The van der Waals surface area contributed by atoms with Crippen LogP contribution in [0.15, 0.2) is 23.3 Å². The van der Waals surface area contributed by atoms with Gasteiger partial charge in [-0.25, -0.2) is 5.43 Å². The number of hydrogen-bond acceptors (Lipinski definition) is 4. The van der Waals surface area contributed by atoms with Gasteiger partial charge in [-0.15, -0.1) is 0 Å². The molecule has 2 rings (SSSR count). The minimum Gasteiger partial charge on any atom is -0.375 e. The Kier molecular flexibility index (Phi) is 6.29. The van der Waals surface area contributed by atoms with E-state index in [1.54, 1.807) is 6.92 Å². The first-order valence-electron chi connectivity index (χ1n) is 7.81. The highest BCUT2D eigenvalue weighted by Crippen LogP contribution is 2.27. The first kappa shape index (κ1) is 17.1. The molecular formula is C17H23N3O3. The van der Waals surface area contributed by atoms with Crippen molar-refractivity contribution in [1.82, 2.24) is 5.43 Å². The molecule has 0 fully saturated rings. The number of carbonyl (C=O) groups is 2. The first-order valence-corrected chi connectivity index (χ1v) is 7.81. The molecule has 0 atom stereocenters. The number of rotatable bonds is 6. The molecule has 6 heteroatoms. The van der Waals surface area contributed by atoms with Gasteiger partial charge >= 0.3 is 0 Å². The lowest BCUT2D eigenvalue weighted by molar-refractivity contribution is -0.124. The van der Waals surface area contributed by atoms with Crippen LogP contribution >= 0.6 is 0 Å². The van der Waals surface area contributed by atoms with Crippen LogP contribution in [0.25, 0.3) is 0 Å². The standard InChI is InChI=1S/C17H23N3O3/c1-12(19-20-17(22)11-23-2)10-16(21)18-15-9-5-7-13-6-3-4-8-14(13)15/h5,7,9H,3-4,6,8,10-11H2,1-2H3,(H,18,21)(H,20,22)/b19-12-. The third-order valence-corrected chi connectivity index (χ3v) is 3.73. The van der Waals surface area contributed by atoms with Crippen LogP contribution in [-0.2, 0) is 27.2 Å². The van der Waals surface area contributed by atoms with Gasteiger partial charge < -0.3 is 10.1 Å². The van der Waals surface area contributed by atoms with Crippen molar-refractivity contribution in [2.45, 2.75) is 39.0 Å². The number of nitrogens with one attached hydrogen (secondary N) is 2. The van der Waals surface area contributed by atoms with Crippen LogP contribution in [0, 0.1) is 0 Å². The summed E-state index contributed by atoms with van der Waals surface area (Å²) in [6.45, 7) is 1.65. The summed E-state index contributed by atoms with van der Waals surface area (Å²) in [5.74, 6) is -0.476. The summed E-state index contributed by atoms with van der Waals surface area (Å²) in [6.07, 6.45) is 4.58. The summed E-state index contributed by atoms with van der Waals surface area (Å²) in [5, 5.41) is 6.84. The minimum absolute atomic E-state index is 0.0564. The molecule has 2 N–H and O–H groups in total. The van der Waals surface area contributed by atoms with Gasteiger partial charge in [0.2, 0.25) is 5.91 Å². The van der Waals surface area contributed by atoms with Crippen molar-refractivity contribution in [1.29, 1.82) is 0 Å². The molecule has 0 bridgehead atoms. The van der Waals surface area contributed by atoms with E-state index in [-0.39, 0.29) is 24.8 Å². The number of hydrazone groups is 1. The predicted molar refractivity (Wildman–Crippen MR) is 89.5 cm³/mol. The molecule has 23 heavy (non-hydrogen) atoms. The van der Waals surface area contributed by atoms with Gasteiger partial charge in [0, 0.05) is 18.5 Å². The maximum absolute atomic E-state index is 12.1. The molecule has 2 amide bonds. The van der Waals surface area contributed by atoms with Crippen LogP contribution in [0.4, 0.5) is 5.69 Å². The van der Waals surface area contributed by atoms with Crippen molar-refractivity contribution in [3.63, 3.8) is 0 Å². The summed E-state index contributed by atoms with van der Waals surface area (Å²) in [7, 11) is 1.43. The van der Waals surface area contributed by atoms with Crippen molar-refractivity contribution in [3.05, 3.63) is 29.3 Å². The summed E-state index contributed by atoms with van der Waals surface area (Å²) in [4.78, 5) is 23.4. The second-order valence-electron chi connectivity index (χ2n) is 5.69. The zero-order valence-corrected chi connectivity index (χ0v) is 13.6. The van der Waals surface area contributed by atoms with Crippen LogP contribution in [0.1, 0.15) is 37.3 Å². The third kappa shape index (κ3) is 5.17. The van der Waals surface area contributed by atoms with Crippen LogP contribution in [-0.4, -0.2) is 31.2 Å². The maximum atomic E-state index is 12.1. The summed E-state index contributed by atoms with van der Waals surface area (Å²) < 4.78 is 4.69. The largest absolute Gasteiger partial charge is 0.375 e. The van der Waals surface area contributed by atoms with Gasteiger partial charge in [0.05, 0.1) is 6.42 Å². The molecular weight excluding hydrogens is 294 g/mol. The molecule has 1 aromatic carbocycles. The highest BCUT2D eigenvalue weighted by atomic mass is 16.5. The number of anilines is 1. The number of hydrogen-bond donors (Lipinski definition) is 2. The van der Waals surface area contributed by atoms with E-state index in [4.69, 9.17) is 0 Å². The molecule has 0 aromatic heterocycles. The third-order valence-electron chi connectivity index (χ3n) is 3.73. The van der Waals surface area contributed by atoms with Crippen LogP contribution < -0.4 is 10.7 Å². The Hall–Kier alpha value is -2.21. The molecule has 1 aliphatic carbocycles. The Morgan fingerprint density at radius 2 is 2.00 bits per heavy atom. The first-order chi connectivity index (χ1) is 11.1. The fraction of sp³-hybridized carbons (Fsp3) is 0.471. The molecule has 0 saturated heterocycles. The summed E-state index contributed by atoms with van der Waals surface area (Å²) in [6, 6.07) is 6.04. The van der Waals surface area contributed by atoms with E-state index in [9.17, 15) is 9.59 Å². The zero-order valence-electron chi connectivity index (χ0n) is 13.6. The molecule has 0 heterocycles. The monoisotopic (exact) mass is 317 g/mol. The number of nitrogens with zero attached hydrogens (tertiary/aromatic N) is 1. The van der Waals surface area contributed by atoms with Gasteiger partial charge in [0.15, 0.2) is 0 Å². The molecule has 1 aliphatic rings. The van der Waals surface area contributed by atoms with E-state index >= 15 is 0 Å². The van der Waals surface area contributed by atoms with Crippen molar-refractivity contribution in [2.75, 3.05) is 19.0 Å². The molecule has 0 spiro atoms. The Balaban J connectivity index is 1.92. The summed E-state index contributed by atoms with van der Waals surface area (Å²) in [5.41, 5.74) is 6.35. The molecule has 1 aromatic rings. The van der Waals surface area contributed by atoms with Gasteiger partial charge in [-0.05, 0) is 49.8 Å². The molecule has 0 unspecified atom stereocenters. The van der Waals surface area contributed by atoms with E-state index < -0.39 is 0 Å². The quantitative estimate of drug-likeness (QED) is 0.622. The highest BCUT2D eigenvalue weighted by Gasteiger charge is 2.14. The van der Waals surface area contributed by atoms with Gasteiger partial charge in [-0.3, -0.25) is 9.59 Å². The molecule has 0 saturated carbocycles. The van der Waals surface area contributed by atoms with Crippen LogP contribution in [0.5, 0.6) is 0 Å². The average molecular weight is 317 g/mol. The van der Waals surface area contributed by atoms with E-state index in [1.807, 2.05) is 12.1 Å². The lowest BCUT2D eigenvalue weighted by atomic mass is 9.90. The van der Waals surface area contributed by atoms with E-state index in [0.29, 0.717) is 5.71 Å². The second kappa shape index (κ2) is 8.43. The number of benzene rings is 1. The number of carbonyl (C=O) groups excluding carboxylic acids is 2. The fourth-order valence-corrected chi connectivity index (χ4v) is 2.69. The SMILES string of the molecule is COCC(=O)N/N=C(/C)CC(=O)Nc1cccc2c1CCCC2. The average Bonchev–Trinajstić information content (AvgIpc) is 2.53.